The minimum absolute atomic E-state index is 0.212. The molecule has 1 saturated heterocycles. The number of isothiocyanates is 1. The molecular formula is C19H27N3O2S. The number of thiocarbonyl (C=S) groups is 1. The van der Waals surface area contributed by atoms with Gasteiger partial charge in [0.05, 0.1) is 10.8 Å². The molecule has 1 aromatic rings. The molecule has 2 rings (SSSR count). The van der Waals surface area contributed by atoms with Crippen molar-refractivity contribution in [3.63, 3.8) is 0 Å². The summed E-state index contributed by atoms with van der Waals surface area (Å²) in [6, 6.07) is 8.23. The molecule has 0 aliphatic carbocycles. The molecule has 0 aromatic heterocycles. The lowest BCUT2D eigenvalue weighted by atomic mass is 10.0. The summed E-state index contributed by atoms with van der Waals surface area (Å²) in [6.45, 7) is 10.2. The summed E-state index contributed by atoms with van der Waals surface area (Å²) in [6.07, 6.45) is 1.66. The van der Waals surface area contributed by atoms with E-state index in [1.165, 1.54) is 5.69 Å². The fraction of sp³-hybridized carbons (Fsp3) is 0.579. The minimum Gasteiger partial charge on any atom is -0.444 e. The van der Waals surface area contributed by atoms with E-state index in [0.717, 1.165) is 31.6 Å². The van der Waals surface area contributed by atoms with Crippen LogP contribution in [0.3, 0.4) is 0 Å². The first-order valence-electron chi connectivity index (χ1n) is 8.76. The molecule has 0 saturated carbocycles. The molecule has 6 heteroatoms. The minimum atomic E-state index is -0.460. The number of rotatable bonds is 4. The average Bonchev–Trinajstić information content (AvgIpc) is 2.56. The quantitative estimate of drug-likeness (QED) is 0.578. The maximum Gasteiger partial charge on any atom is 0.410 e. The van der Waals surface area contributed by atoms with E-state index in [-0.39, 0.29) is 12.1 Å². The topological polar surface area (TPSA) is 45.1 Å². The summed E-state index contributed by atoms with van der Waals surface area (Å²) in [7, 11) is 0. The number of anilines is 1. The van der Waals surface area contributed by atoms with Gasteiger partial charge in [0, 0.05) is 31.4 Å². The number of piperidine rings is 1. The van der Waals surface area contributed by atoms with E-state index in [1.807, 2.05) is 44.7 Å². The maximum absolute atomic E-state index is 12.4. The zero-order valence-electron chi connectivity index (χ0n) is 15.5. The van der Waals surface area contributed by atoms with Crippen molar-refractivity contribution in [2.45, 2.75) is 52.2 Å². The smallest absolute Gasteiger partial charge is 0.410 e. The van der Waals surface area contributed by atoms with E-state index in [1.54, 1.807) is 0 Å². The standard InChI is InChI=1S/C19H27N3O2S/c1-5-22(18(23)24-19(2,3)4)17-10-12-21(13-11-17)16-8-6-15(7-9-16)20-14-25/h6-9,17H,5,10-13H2,1-4H3. The highest BCUT2D eigenvalue weighted by Gasteiger charge is 2.30. The first-order chi connectivity index (χ1) is 11.8. The molecule has 1 heterocycles. The Hall–Kier alpha value is -1.91. The van der Waals surface area contributed by atoms with Crippen LogP contribution in [0.4, 0.5) is 16.2 Å². The van der Waals surface area contributed by atoms with Gasteiger partial charge >= 0.3 is 6.09 Å². The Labute approximate surface area is 155 Å². The third-order valence-electron chi connectivity index (χ3n) is 4.26. The molecule has 0 bridgehead atoms. The summed E-state index contributed by atoms with van der Waals surface area (Å²) in [4.78, 5) is 20.6. The highest BCUT2D eigenvalue weighted by atomic mass is 32.1. The number of benzene rings is 1. The zero-order valence-corrected chi connectivity index (χ0v) is 16.3. The summed E-state index contributed by atoms with van der Waals surface area (Å²) in [5.74, 6) is 0. The van der Waals surface area contributed by atoms with Gasteiger partial charge in [-0.1, -0.05) is 0 Å². The van der Waals surface area contributed by atoms with E-state index < -0.39 is 5.60 Å². The predicted octanol–water partition coefficient (Wildman–Crippen LogP) is 4.65. The van der Waals surface area contributed by atoms with Crippen molar-refractivity contribution in [2.75, 3.05) is 24.5 Å². The molecule has 1 aliphatic heterocycles. The number of carbonyl (C=O) groups is 1. The second-order valence-electron chi connectivity index (χ2n) is 7.20. The second-order valence-corrected chi connectivity index (χ2v) is 7.39. The van der Waals surface area contributed by atoms with Crippen molar-refractivity contribution in [3.8, 4) is 0 Å². The Morgan fingerprint density at radius 1 is 1.32 bits per heavy atom. The highest BCUT2D eigenvalue weighted by molar-refractivity contribution is 7.78. The van der Waals surface area contributed by atoms with Crippen molar-refractivity contribution in [1.29, 1.82) is 0 Å². The van der Waals surface area contributed by atoms with E-state index in [2.05, 4.69) is 39.4 Å². The molecule has 1 amide bonds. The molecule has 1 aromatic carbocycles. The number of hydrogen-bond acceptors (Lipinski definition) is 5. The number of aliphatic imine (C=N–C) groups is 1. The van der Waals surface area contributed by atoms with Crippen LogP contribution in [0.2, 0.25) is 0 Å². The van der Waals surface area contributed by atoms with Crippen molar-refractivity contribution >= 4 is 34.8 Å². The van der Waals surface area contributed by atoms with Crippen LogP contribution in [0, 0.1) is 0 Å². The molecule has 0 unspecified atom stereocenters. The van der Waals surface area contributed by atoms with Crippen LogP contribution < -0.4 is 4.90 Å². The third-order valence-corrected chi connectivity index (χ3v) is 4.35. The third kappa shape index (κ3) is 5.55. The van der Waals surface area contributed by atoms with E-state index in [0.29, 0.717) is 6.54 Å². The van der Waals surface area contributed by atoms with Crippen molar-refractivity contribution < 1.29 is 9.53 Å². The van der Waals surface area contributed by atoms with Gasteiger partial charge in [0.25, 0.3) is 0 Å². The van der Waals surface area contributed by atoms with Gasteiger partial charge in [0.2, 0.25) is 0 Å². The fourth-order valence-electron chi connectivity index (χ4n) is 3.08. The lowest BCUT2D eigenvalue weighted by Crippen LogP contribution is -2.48. The molecule has 0 spiro atoms. The lowest BCUT2D eigenvalue weighted by molar-refractivity contribution is 0.0149. The van der Waals surface area contributed by atoms with Crippen LogP contribution in [0.15, 0.2) is 29.3 Å². The predicted molar refractivity (Wildman–Crippen MR) is 105 cm³/mol. The molecule has 1 aliphatic rings. The van der Waals surface area contributed by atoms with Gasteiger partial charge in [-0.2, -0.15) is 4.99 Å². The maximum atomic E-state index is 12.4. The molecule has 5 nitrogen and oxygen atoms in total. The van der Waals surface area contributed by atoms with Gasteiger partial charge in [-0.15, -0.1) is 0 Å². The summed E-state index contributed by atoms with van der Waals surface area (Å²) in [5.41, 5.74) is 1.52. The van der Waals surface area contributed by atoms with Gasteiger partial charge in [-0.25, -0.2) is 4.79 Å². The molecule has 0 N–H and O–H groups in total. The van der Waals surface area contributed by atoms with Gasteiger partial charge in [0.15, 0.2) is 0 Å². The second kappa shape index (κ2) is 8.45. The van der Waals surface area contributed by atoms with Crippen LogP contribution in [0.25, 0.3) is 0 Å². The van der Waals surface area contributed by atoms with Crippen LogP contribution >= 0.6 is 12.2 Å². The Balaban J connectivity index is 1.95. The van der Waals surface area contributed by atoms with Gasteiger partial charge in [-0.05, 0) is 77.0 Å². The molecule has 1 fully saturated rings. The first-order valence-corrected chi connectivity index (χ1v) is 9.17. The summed E-state index contributed by atoms with van der Waals surface area (Å²) < 4.78 is 5.54. The zero-order chi connectivity index (χ0) is 18.4. The number of hydrogen-bond donors (Lipinski definition) is 0. The van der Waals surface area contributed by atoms with E-state index in [4.69, 9.17) is 4.74 Å². The van der Waals surface area contributed by atoms with Crippen LogP contribution in [-0.4, -0.2) is 47.4 Å². The molecule has 136 valence electrons. The summed E-state index contributed by atoms with van der Waals surface area (Å²) >= 11 is 4.63. The number of amides is 1. The summed E-state index contributed by atoms with van der Waals surface area (Å²) in [5, 5.41) is 2.38. The van der Waals surface area contributed by atoms with Crippen LogP contribution in [-0.2, 0) is 4.74 Å². The monoisotopic (exact) mass is 361 g/mol. The Kier molecular flexibility index (Phi) is 6.57. The lowest BCUT2D eigenvalue weighted by Gasteiger charge is -2.39. The van der Waals surface area contributed by atoms with E-state index >= 15 is 0 Å². The van der Waals surface area contributed by atoms with Crippen molar-refractivity contribution in [3.05, 3.63) is 24.3 Å². The van der Waals surface area contributed by atoms with Gasteiger partial charge in [-0.3, -0.25) is 0 Å². The first kappa shape index (κ1) is 19.4. The van der Waals surface area contributed by atoms with E-state index in [9.17, 15) is 4.79 Å². The Morgan fingerprint density at radius 2 is 1.92 bits per heavy atom. The molecule has 0 radical (unpaired) electrons. The van der Waals surface area contributed by atoms with Gasteiger partial charge in [0.1, 0.15) is 5.60 Å². The largest absolute Gasteiger partial charge is 0.444 e. The normalized spacial score (nSPS) is 15.4. The fourth-order valence-corrected chi connectivity index (χ4v) is 3.19. The number of nitrogens with zero attached hydrogens (tertiary/aromatic N) is 3. The SMILES string of the molecule is CCN(C(=O)OC(C)(C)C)C1CCN(c2ccc(N=C=S)cc2)CC1. The van der Waals surface area contributed by atoms with Crippen molar-refractivity contribution in [1.82, 2.24) is 4.90 Å². The molecule has 0 atom stereocenters. The number of ether oxygens (including phenoxy) is 1. The number of carbonyl (C=O) groups excluding carboxylic acids is 1. The Morgan fingerprint density at radius 3 is 2.40 bits per heavy atom. The molecule has 25 heavy (non-hydrogen) atoms. The highest BCUT2D eigenvalue weighted by Crippen LogP contribution is 2.25. The van der Waals surface area contributed by atoms with Crippen LogP contribution in [0.5, 0.6) is 0 Å². The van der Waals surface area contributed by atoms with Crippen molar-refractivity contribution in [2.24, 2.45) is 4.99 Å². The average molecular weight is 362 g/mol. The van der Waals surface area contributed by atoms with Crippen LogP contribution in [0.1, 0.15) is 40.5 Å². The molecular weight excluding hydrogens is 334 g/mol. The Bertz CT molecular complexity index is 625. The van der Waals surface area contributed by atoms with Gasteiger partial charge < -0.3 is 14.5 Å².